The molecule has 5 heteroatoms. The molecule has 1 aromatic carbocycles. The number of nitro groups is 1. The lowest BCUT2D eigenvalue weighted by atomic mass is 10.1. The third-order valence-electron chi connectivity index (χ3n) is 4.57. The molecule has 0 radical (unpaired) electrons. The molecule has 1 aromatic rings. The van der Waals surface area contributed by atoms with Crippen LogP contribution in [0.25, 0.3) is 0 Å². The highest BCUT2D eigenvalue weighted by atomic mass is 16.6. The summed E-state index contributed by atoms with van der Waals surface area (Å²) in [6, 6.07) is 8.27. The van der Waals surface area contributed by atoms with Crippen LogP contribution in [-0.4, -0.2) is 41.5 Å². The van der Waals surface area contributed by atoms with Crippen molar-refractivity contribution >= 4 is 5.69 Å². The average Bonchev–Trinajstić information content (AvgIpc) is 3.04. The number of hydrogen-bond donors (Lipinski definition) is 1. The fourth-order valence-electron chi connectivity index (χ4n) is 3.51. The zero-order valence-corrected chi connectivity index (χ0v) is 11.6. The molecule has 2 saturated heterocycles. The van der Waals surface area contributed by atoms with Crippen LogP contribution in [0.5, 0.6) is 0 Å². The molecule has 2 heterocycles. The first-order chi connectivity index (χ1) is 9.74. The maximum Gasteiger partial charge on any atom is 0.269 e. The van der Waals surface area contributed by atoms with Gasteiger partial charge < -0.3 is 5.32 Å². The molecule has 2 atom stereocenters. The fourth-order valence-corrected chi connectivity index (χ4v) is 3.51. The van der Waals surface area contributed by atoms with E-state index < -0.39 is 0 Å². The molecule has 0 aromatic heterocycles. The molecule has 2 aliphatic heterocycles. The molecular weight excluding hydrogens is 254 g/mol. The second-order valence-corrected chi connectivity index (χ2v) is 5.77. The van der Waals surface area contributed by atoms with E-state index >= 15 is 0 Å². The summed E-state index contributed by atoms with van der Waals surface area (Å²) in [4.78, 5) is 12.8. The Morgan fingerprint density at radius 3 is 2.80 bits per heavy atom. The second-order valence-electron chi connectivity index (χ2n) is 5.77. The van der Waals surface area contributed by atoms with E-state index in [1.54, 1.807) is 12.1 Å². The summed E-state index contributed by atoms with van der Waals surface area (Å²) in [6.45, 7) is 3.46. The van der Waals surface area contributed by atoms with Crippen LogP contribution >= 0.6 is 0 Å². The van der Waals surface area contributed by atoms with Gasteiger partial charge in [0, 0.05) is 30.8 Å². The molecule has 108 valence electrons. The van der Waals surface area contributed by atoms with E-state index in [-0.39, 0.29) is 10.6 Å². The van der Waals surface area contributed by atoms with Gasteiger partial charge in [0.15, 0.2) is 0 Å². The molecule has 1 N–H and O–H groups in total. The van der Waals surface area contributed by atoms with Crippen molar-refractivity contribution < 1.29 is 4.92 Å². The Kier molecular flexibility index (Phi) is 3.98. The van der Waals surface area contributed by atoms with Crippen molar-refractivity contribution in [3.8, 4) is 0 Å². The lowest BCUT2D eigenvalue weighted by Crippen LogP contribution is -2.39. The zero-order chi connectivity index (χ0) is 13.9. The molecule has 5 nitrogen and oxygen atoms in total. The summed E-state index contributed by atoms with van der Waals surface area (Å²) < 4.78 is 0. The van der Waals surface area contributed by atoms with Gasteiger partial charge in [-0.15, -0.1) is 0 Å². The minimum Gasteiger partial charge on any atom is -0.312 e. The molecule has 2 fully saturated rings. The standard InChI is InChI=1S/C15H21N3O2/c19-18(20)13-5-3-12(4-6-13)7-9-16-14-8-11-17-10-1-2-15(14)17/h3-6,14-16H,1-2,7-11H2. The van der Waals surface area contributed by atoms with E-state index in [0.29, 0.717) is 6.04 Å². The molecule has 0 saturated carbocycles. The third-order valence-corrected chi connectivity index (χ3v) is 4.57. The van der Waals surface area contributed by atoms with Crippen molar-refractivity contribution in [1.29, 1.82) is 0 Å². The highest BCUT2D eigenvalue weighted by Gasteiger charge is 2.36. The zero-order valence-electron chi connectivity index (χ0n) is 11.6. The maximum absolute atomic E-state index is 10.6. The van der Waals surface area contributed by atoms with Gasteiger partial charge in [0.25, 0.3) is 5.69 Å². The molecule has 0 aliphatic carbocycles. The molecular formula is C15H21N3O2. The lowest BCUT2D eigenvalue weighted by molar-refractivity contribution is -0.384. The highest BCUT2D eigenvalue weighted by Crippen LogP contribution is 2.27. The minimum absolute atomic E-state index is 0.166. The fraction of sp³-hybridized carbons (Fsp3) is 0.600. The topological polar surface area (TPSA) is 58.4 Å². The molecule has 20 heavy (non-hydrogen) atoms. The number of rotatable bonds is 5. The number of nitrogens with zero attached hydrogens (tertiary/aromatic N) is 2. The summed E-state index contributed by atoms with van der Waals surface area (Å²) in [7, 11) is 0. The van der Waals surface area contributed by atoms with Gasteiger partial charge >= 0.3 is 0 Å². The van der Waals surface area contributed by atoms with E-state index in [1.165, 1.54) is 32.4 Å². The third kappa shape index (κ3) is 2.83. The van der Waals surface area contributed by atoms with Crippen LogP contribution in [0.1, 0.15) is 24.8 Å². The van der Waals surface area contributed by atoms with Crippen molar-refractivity contribution in [2.24, 2.45) is 0 Å². The molecule has 3 rings (SSSR count). The van der Waals surface area contributed by atoms with Crippen molar-refractivity contribution in [1.82, 2.24) is 10.2 Å². The van der Waals surface area contributed by atoms with Crippen molar-refractivity contribution in [2.45, 2.75) is 37.8 Å². The Bertz CT molecular complexity index is 475. The highest BCUT2D eigenvalue weighted by molar-refractivity contribution is 5.32. The van der Waals surface area contributed by atoms with Crippen LogP contribution in [0, 0.1) is 10.1 Å². The number of nitro benzene ring substituents is 1. The van der Waals surface area contributed by atoms with Crippen LogP contribution in [0.3, 0.4) is 0 Å². The average molecular weight is 275 g/mol. The summed E-state index contributed by atoms with van der Waals surface area (Å²) in [6.07, 6.45) is 4.85. The van der Waals surface area contributed by atoms with Gasteiger partial charge in [-0.2, -0.15) is 0 Å². The van der Waals surface area contributed by atoms with Crippen molar-refractivity contribution in [2.75, 3.05) is 19.6 Å². The van der Waals surface area contributed by atoms with Crippen molar-refractivity contribution in [3.63, 3.8) is 0 Å². The van der Waals surface area contributed by atoms with E-state index in [0.717, 1.165) is 24.6 Å². The first-order valence-electron chi connectivity index (χ1n) is 7.45. The Morgan fingerprint density at radius 1 is 1.25 bits per heavy atom. The predicted octanol–water partition coefficient (Wildman–Crippen LogP) is 1.96. The van der Waals surface area contributed by atoms with Crippen LogP contribution < -0.4 is 5.32 Å². The number of nitrogens with one attached hydrogen (secondary N) is 1. The number of benzene rings is 1. The Hall–Kier alpha value is -1.46. The van der Waals surface area contributed by atoms with Gasteiger partial charge in [-0.05, 0) is 44.3 Å². The summed E-state index contributed by atoms with van der Waals surface area (Å²) in [5.74, 6) is 0. The number of fused-ring (bicyclic) bond motifs is 1. The Balaban J connectivity index is 1.46. The van der Waals surface area contributed by atoms with Crippen LogP contribution in [0.4, 0.5) is 5.69 Å². The molecule has 0 spiro atoms. The van der Waals surface area contributed by atoms with Gasteiger partial charge in [0.2, 0.25) is 0 Å². The summed E-state index contributed by atoms with van der Waals surface area (Å²) in [5.41, 5.74) is 1.32. The summed E-state index contributed by atoms with van der Waals surface area (Å²) >= 11 is 0. The quantitative estimate of drug-likeness (QED) is 0.659. The Morgan fingerprint density at radius 2 is 2.05 bits per heavy atom. The van der Waals surface area contributed by atoms with Crippen LogP contribution in [-0.2, 0) is 6.42 Å². The summed E-state index contributed by atoms with van der Waals surface area (Å²) in [5, 5.41) is 14.3. The first-order valence-corrected chi connectivity index (χ1v) is 7.45. The van der Waals surface area contributed by atoms with Gasteiger partial charge in [-0.3, -0.25) is 15.0 Å². The number of hydrogen-bond acceptors (Lipinski definition) is 4. The van der Waals surface area contributed by atoms with Gasteiger partial charge in [0.05, 0.1) is 4.92 Å². The van der Waals surface area contributed by atoms with Gasteiger partial charge in [0.1, 0.15) is 0 Å². The van der Waals surface area contributed by atoms with E-state index in [4.69, 9.17) is 0 Å². The largest absolute Gasteiger partial charge is 0.312 e. The van der Waals surface area contributed by atoms with Gasteiger partial charge in [-0.25, -0.2) is 0 Å². The molecule has 2 aliphatic rings. The lowest BCUT2D eigenvalue weighted by Gasteiger charge is -2.21. The Labute approximate surface area is 119 Å². The van der Waals surface area contributed by atoms with Crippen LogP contribution in [0.15, 0.2) is 24.3 Å². The predicted molar refractivity (Wildman–Crippen MR) is 77.8 cm³/mol. The monoisotopic (exact) mass is 275 g/mol. The van der Waals surface area contributed by atoms with Crippen LogP contribution in [0.2, 0.25) is 0 Å². The van der Waals surface area contributed by atoms with E-state index in [1.807, 2.05) is 12.1 Å². The first kappa shape index (κ1) is 13.5. The normalized spacial score (nSPS) is 25.8. The van der Waals surface area contributed by atoms with E-state index in [2.05, 4.69) is 10.2 Å². The minimum atomic E-state index is -0.352. The van der Waals surface area contributed by atoms with Crippen molar-refractivity contribution in [3.05, 3.63) is 39.9 Å². The molecule has 0 amide bonds. The second kappa shape index (κ2) is 5.89. The van der Waals surface area contributed by atoms with E-state index in [9.17, 15) is 10.1 Å². The number of non-ortho nitro benzene ring substituents is 1. The maximum atomic E-state index is 10.6. The molecule has 0 bridgehead atoms. The smallest absolute Gasteiger partial charge is 0.269 e. The molecule has 2 unspecified atom stereocenters. The van der Waals surface area contributed by atoms with Gasteiger partial charge in [-0.1, -0.05) is 12.1 Å². The SMILES string of the molecule is O=[N+]([O-])c1ccc(CCNC2CCN3CCCC23)cc1.